The van der Waals surface area contributed by atoms with Gasteiger partial charge in [0, 0.05) is 17.5 Å². The Bertz CT molecular complexity index is 431. The minimum atomic E-state index is -0.398. The van der Waals surface area contributed by atoms with Crippen LogP contribution in [0.4, 0.5) is 0 Å². The lowest BCUT2D eigenvalue weighted by Crippen LogP contribution is -2.32. The van der Waals surface area contributed by atoms with Crippen LogP contribution < -0.4 is 0 Å². The monoisotopic (exact) mass is 244 g/mol. The van der Waals surface area contributed by atoms with Crippen LogP contribution in [0.1, 0.15) is 5.76 Å². The molecule has 0 aliphatic carbocycles. The predicted octanol–water partition coefficient (Wildman–Crippen LogP) is 0.819. The Kier molecular flexibility index (Phi) is 3.04. The fraction of sp³-hybridized carbons (Fsp3) is 0.500. The van der Waals surface area contributed by atoms with Gasteiger partial charge in [-0.15, -0.1) is 0 Å². The first-order valence-electron chi connectivity index (χ1n) is 4.66. The molecule has 1 aliphatic rings. The minimum Gasteiger partial charge on any atom is -0.358 e. The van der Waals surface area contributed by atoms with Crippen LogP contribution in [-0.4, -0.2) is 40.4 Å². The molecule has 86 valence electrons. The van der Waals surface area contributed by atoms with E-state index in [0.29, 0.717) is 31.2 Å². The molecule has 0 saturated heterocycles. The van der Waals surface area contributed by atoms with Crippen molar-refractivity contribution in [3.63, 3.8) is 0 Å². The third kappa shape index (κ3) is 2.48. The van der Waals surface area contributed by atoms with E-state index in [1.165, 1.54) is 0 Å². The number of nitrogens with zero attached hydrogens (tertiary/aromatic N) is 4. The van der Waals surface area contributed by atoms with Gasteiger partial charge in [0.1, 0.15) is 0 Å². The second-order valence-corrected chi connectivity index (χ2v) is 3.71. The first-order chi connectivity index (χ1) is 7.65. The molecule has 1 aromatic heterocycles. The zero-order valence-electron chi connectivity index (χ0n) is 8.30. The largest absolute Gasteiger partial charge is 0.358 e. The van der Waals surface area contributed by atoms with Gasteiger partial charge >= 0.3 is 0 Å². The third-order valence-electron chi connectivity index (χ3n) is 2.18. The van der Waals surface area contributed by atoms with Crippen molar-refractivity contribution in [2.24, 2.45) is 4.99 Å². The topological polar surface area (TPSA) is 84.8 Å². The van der Waals surface area contributed by atoms with Gasteiger partial charge in [-0.3, -0.25) is 15.1 Å². The molecule has 2 rings (SSSR count). The second-order valence-electron chi connectivity index (χ2n) is 3.33. The zero-order chi connectivity index (χ0) is 11.5. The van der Waals surface area contributed by atoms with Gasteiger partial charge in [0.25, 0.3) is 6.54 Å². The van der Waals surface area contributed by atoms with Gasteiger partial charge in [-0.1, -0.05) is 16.8 Å². The first kappa shape index (κ1) is 10.9. The normalized spacial score (nSPS) is 15.3. The van der Waals surface area contributed by atoms with E-state index >= 15 is 0 Å². The van der Waals surface area contributed by atoms with Crippen molar-refractivity contribution in [2.75, 3.05) is 19.6 Å². The maximum atomic E-state index is 10.4. The lowest BCUT2D eigenvalue weighted by atomic mass is 10.4. The van der Waals surface area contributed by atoms with Crippen molar-refractivity contribution in [3.8, 4) is 0 Å². The van der Waals surface area contributed by atoms with E-state index in [4.69, 9.17) is 16.1 Å². The lowest BCUT2D eigenvalue weighted by Gasteiger charge is -2.15. The van der Waals surface area contributed by atoms with Crippen LogP contribution in [-0.2, 0) is 6.54 Å². The number of rotatable bonds is 4. The van der Waals surface area contributed by atoms with Crippen molar-refractivity contribution in [1.29, 1.82) is 0 Å². The van der Waals surface area contributed by atoms with E-state index in [0.717, 1.165) is 0 Å². The quantitative estimate of drug-likeness (QED) is 0.578. The Labute approximate surface area is 95.8 Å². The number of aliphatic imine (C=N–C) groups is 1. The lowest BCUT2D eigenvalue weighted by molar-refractivity contribution is -0.464. The van der Waals surface area contributed by atoms with Crippen LogP contribution in [0.15, 0.2) is 15.6 Å². The van der Waals surface area contributed by atoms with E-state index in [9.17, 15) is 10.1 Å². The number of halogens is 1. The molecule has 0 amide bonds. The van der Waals surface area contributed by atoms with Crippen LogP contribution in [0, 0.1) is 10.1 Å². The summed E-state index contributed by atoms with van der Waals surface area (Å²) in [5, 5.41) is 14.2. The van der Waals surface area contributed by atoms with Gasteiger partial charge in [0.05, 0.1) is 13.1 Å². The number of nitro groups is 1. The van der Waals surface area contributed by atoms with Crippen molar-refractivity contribution in [1.82, 2.24) is 10.1 Å². The molecule has 0 atom stereocenters. The highest BCUT2D eigenvalue weighted by molar-refractivity contribution is 6.29. The second kappa shape index (κ2) is 4.48. The molecule has 0 bridgehead atoms. The van der Waals surface area contributed by atoms with Crippen molar-refractivity contribution in [2.45, 2.75) is 6.54 Å². The van der Waals surface area contributed by atoms with E-state index in [-0.39, 0.29) is 11.7 Å². The molecule has 0 unspecified atom stereocenters. The van der Waals surface area contributed by atoms with E-state index < -0.39 is 4.92 Å². The summed E-state index contributed by atoms with van der Waals surface area (Å²) in [7, 11) is 0. The molecule has 0 spiro atoms. The molecule has 0 radical (unpaired) electrons. The zero-order valence-corrected chi connectivity index (χ0v) is 9.05. The fourth-order valence-electron chi connectivity index (χ4n) is 1.52. The van der Waals surface area contributed by atoms with Crippen LogP contribution in [0.5, 0.6) is 0 Å². The van der Waals surface area contributed by atoms with Crippen molar-refractivity contribution in [3.05, 3.63) is 27.1 Å². The summed E-state index contributed by atoms with van der Waals surface area (Å²) in [5.74, 6) is 1.04. The highest BCUT2D eigenvalue weighted by atomic mass is 35.5. The third-order valence-corrected chi connectivity index (χ3v) is 2.35. The fourth-order valence-corrected chi connectivity index (χ4v) is 1.67. The molecule has 0 N–H and O–H groups in total. The molecule has 0 aromatic carbocycles. The van der Waals surface area contributed by atoms with Crippen LogP contribution in [0.25, 0.3) is 0 Å². The molecule has 1 aromatic rings. The summed E-state index contributed by atoms with van der Waals surface area (Å²) < 4.78 is 4.93. The Morgan fingerprint density at radius 2 is 2.50 bits per heavy atom. The molecule has 0 saturated carbocycles. The van der Waals surface area contributed by atoms with Crippen molar-refractivity contribution < 1.29 is 9.45 Å². The number of hydrogen-bond acceptors (Lipinski definition) is 6. The Hall–Kier alpha value is -1.63. The average Bonchev–Trinajstić information content (AvgIpc) is 2.77. The Balaban J connectivity index is 2.00. The SMILES string of the molecule is O=[N+]([O-])CC1=NCCN1Cc1cc(Cl)no1. The van der Waals surface area contributed by atoms with Crippen LogP contribution in [0.3, 0.4) is 0 Å². The summed E-state index contributed by atoms with van der Waals surface area (Å²) in [6, 6.07) is 1.59. The van der Waals surface area contributed by atoms with Crippen LogP contribution >= 0.6 is 11.6 Å². The van der Waals surface area contributed by atoms with Gasteiger partial charge in [-0.25, -0.2) is 0 Å². The molecule has 1 aliphatic heterocycles. The van der Waals surface area contributed by atoms with Crippen LogP contribution in [0.2, 0.25) is 5.15 Å². The standard InChI is InChI=1S/C8H9ClN4O3/c9-7-3-6(16-11-7)4-12-2-1-10-8(12)5-13(14)15/h3H,1-2,4-5H2. The summed E-state index contributed by atoms with van der Waals surface area (Å²) >= 11 is 5.60. The molecule has 2 heterocycles. The molecular weight excluding hydrogens is 236 g/mol. The maximum absolute atomic E-state index is 10.4. The highest BCUT2D eigenvalue weighted by Gasteiger charge is 2.22. The van der Waals surface area contributed by atoms with E-state index in [1.54, 1.807) is 11.0 Å². The molecule has 16 heavy (non-hydrogen) atoms. The molecule has 7 nitrogen and oxygen atoms in total. The highest BCUT2D eigenvalue weighted by Crippen LogP contribution is 2.13. The van der Waals surface area contributed by atoms with E-state index in [2.05, 4.69) is 10.1 Å². The molecule has 0 fully saturated rings. The Morgan fingerprint density at radius 3 is 3.12 bits per heavy atom. The smallest absolute Gasteiger partial charge is 0.260 e. The van der Waals surface area contributed by atoms with Gasteiger partial charge < -0.3 is 9.42 Å². The van der Waals surface area contributed by atoms with E-state index in [1.807, 2.05) is 0 Å². The first-order valence-corrected chi connectivity index (χ1v) is 5.04. The number of aromatic nitrogens is 1. The van der Waals surface area contributed by atoms with Gasteiger partial charge in [0.2, 0.25) is 0 Å². The predicted molar refractivity (Wildman–Crippen MR) is 56.1 cm³/mol. The number of hydrogen-bond donors (Lipinski definition) is 0. The number of amidine groups is 1. The van der Waals surface area contributed by atoms with Crippen molar-refractivity contribution >= 4 is 17.4 Å². The summed E-state index contributed by atoms with van der Waals surface area (Å²) in [5.41, 5.74) is 0. The van der Waals surface area contributed by atoms with Gasteiger partial charge in [-0.2, -0.15) is 0 Å². The Morgan fingerprint density at radius 1 is 1.69 bits per heavy atom. The maximum Gasteiger partial charge on any atom is 0.260 e. The van der Waals surface area contributed by atoms with Gasteiger partial charge in [0.15, 0.2) is 16.7 Å². The molecule has 8 heteroatoms. The minimum absolute atomic E-state index is 0.262. The summed E-state index contributed by atoms with van der Waals surface area (Å²) in [4.78, 5) is 15.9. The van der Waals surface area contributed by atoms with Gasteiger partial charge in [-0.05, 0) is 0 Å². The summed E-state index contributed by atoms with van der Waals surface area (Å²) in [6.45, 7) is 1.38. The molecular formula is C8H9ClN4O3. The summed E-state index contributed by atoms with van der Waals surface area (Å²) in [6.07, 6.45) is 0. The average molecular weight is 245 g/mol.